The van der Waals surface area contributed by atoms with Crippen LogP contribution in [0.4, 0.5) is 0 Å². The van der Waals surface area contributed by atoms with Gasteiger partial charge in [0.15, 0.2) is 5.84 Å². The van der Waals surface area contributed by atoms with E-state index in [-0.39, 0.29) is 18.5 Å². The highest BCUT2D eigenvalue weighted by atomic mass is 16.5. The van der Waals surface area contributed by atoms with Gasteiger partial charge >= 0.3 is 6.01 Å². The van der Waals surface area contributed by atoms with E-state index in [0.717, 1.165) is 17.7 Å². The molecule has 0 spiro atoms. The number of aliphatic imine (C=N–C) groups is 1. The number of allylic oxidation sites excluding steroid dienone is 1. The average molecular weight is 349 g/mol. The Balaban J connectivity index is 1.63. The number of amides is 1. The number of methoxy groups -OCH3 is 1. The predicted molar refractivity (Wildman–Crippen MR) is 96.1 cm³/mol. The third-order valence-corrected chi connectivity index (χ3v) is 5.21. The number of carbonyl (C=O) groups is 1. The van der Waals surface area contributed by atoms with Crippen molar-refractivity contribution in [3.8, 4) is 6.01 Å². The van der Waals surface area contributed by atoms with E-state index in [2.05, 4.69) is 33.3 Å². The molecule has 26 heavy (non-hydrogen) atoms. The molecule has 1 saturated carbocycles. The number of benzene rings is 1. The van der Waals surface area contributed by atoms with Crippen LogP contribution in [-0.2, 0) is 11.2 Å². The Hall–Kier alpha value is -2.96. The van der Waals surface area contributed by atoms with E-state index in [4.69, 9.17) is 4.74 Å². The van der Waals surface area contributed by atoms with Crippen molar-refractivity contribution in [3.05, 3.63) is 47.3 Å². The van der Waals surface area contributed by atoms with E-state index in [1.165, 1.54) is 31.1 Å². The van der Waals surface area contributed by atoms with Gasteiger partial charge in [-0.1, -0.05) is 18.2 Å². The van der Waals surface area contributed by atoms with Crippen molar-refractivity contribution in [1.82, 2.24) is 19.7 Å². The van der Waals surface area contributed by atoms with Crippen LogP contribution in [0.15, 0.2) is 35.6 Å². The number of rotatable bonds is 2. The Morgan fingerprint density at radius 1 is 1.27 bits per heavy atom. The lowest BCUT2D eigenvalue weighted by molar-refractivity contribution is -0.126. The molecule has 7 nitrogen and oxygen atoms in total. The predicted octanol–water partition coefficient (Wildman–Crippen LogP) is 1.85. The average Bonchev–Trinajstić information content (AvgIpc) is 3.43. The fourth-order valence-corrected chi connectivity index (χ4v) is 3.80. The first-order chi connectivity index (χ1) is 12.7. The van der Waals surface area contributed by atoms with Gasteiger partial charge in [-0.05, 0) is 36.3 Å². The molecule has 1 aromatic carbocycles. The van der Waals surface area contributed by atoms with Crippen molar-refractivity contribution in [2.24, 2.45) is 4.99 Å². The summed E-state index contributed by atoms with van der Waals surface area (Å²) in [6.45, 7) is 0.806. The SMILES string of the molecule is COc1ncn(C2=NCC(=O)N3CCc4c(cccc4C4CC4)C3=C2)n1. The smallest absolute Gasteiger partial charge is 0.335 e. The molecular formula is C19H19N5O2. The van der Waals surface area contributed by atoms with Crippen LogP contribution in [0, 0.1) is 0 Å². The van der Waals surface area contributed by atoms with Crippen molar-refractivity contribution in [2.75, 3.05) is 20.2 Å². The molecule has 0 atom stereocenters. The fraction of sp³-hybridized carbons (Fsp3) is 0.368. The summed E-state index contributed by atoms with van der Waals surface area (Å²) >= 11 is 0. The molecule has 132 valence electrons. The molecule has 3 aliphatic rings. The number of hydrogen-bond acceptors (Lipinski definition) is 5. The van der Waals surface area contributed by atoms with Crippen molar-refractivity contribution >= 4 is 17.4 Å². The second-order valence-electron chi connectivity index (χ2n) is 6.82. The lowest BCUT2D eigenvalue weighted by Gasteiger charge is -2.32. The van der Waals surface area contributed by atoms with Crippen molar-refractivity contribution < 1.29 is 9.53 Å². The normalized spacial score (nSPS) is 19.3. The van der Waals surface area contributed by atoms with Gasteiger partial charge in [-0.3, -0.25) is 9.79 Å². The van der Waals surface area contributed by atoms with E-state index in [0.29, 0.717) is 18.3 Å². The first-order valence-electron chi connectivity index (χ1n) is 8.89. The van der Waals surface area contributed by atoms with E-state index in [1.807, 2.05) is 11.0 Å². The largest absolute Gasteiger partial charge is 0.466 e. The molecule has 0 radical (unpaired) electrons. The maximum Gasteiger partial charge on any atom is 0.335 e. The molecule has 7 heteroatoms. The van der Waals surface area contributed by atoms with E-state index in [1.54, 1.807) is 11.0 Å². The third-order valence-electron chi connectivity index (χ3n) is 5.21. The number of nitrogens with zero attached hydrogens (tertiary/aromatic N) is 5. The maximum absolute atomic E-state index is 12.6. The molecule has 1 fully saturated rings. The van der Waals surface area contributed by atoms with E-state index >= 15 is 0 Å². The van der Waals surface area contributed by atoms with Crippen LogP contribution >= 0.6 is 0 Å². The van der Waals surface area contributed by atoms with Gasteiger partial charge in [-0.25, -0.2) is 0 Å². The summed E-state index contributed by atoms with van der Waals surface area (Å²) in [7, 11) is 1.52. The molecule has 2 aliphatic heterocycles. The Kier molecular flexibility index (Phi) is 3.41. The quantitative estimate of drug-likeness (QED) is 0.829. The van der Waals surface area contributed by atoms with Gasteiger partial charge in [0.1, 0.15) is 12.9 Å². The molecule has 0 bridgehead atoms. The summed E-state index contributed by atoms with van der Waals surface area (Å²) in [5.74, 6) is 1.29. The topological polar surface area (TPSA) is 72.6 Å². The Labute approximate surface area is 151 Å². The van der Waals surface area contributed by atoms with Crippen LogP contribution in [0.1, 0.15) is 35.4 Å². The Morgan fingerprint density at radius 2 is 2.15 bits per heavy atom. The summed E-state index contributed by atoms with van der Waals surface area (Å²) in [4.78, 5) is 23.0. The van der Waals surface area contributed by atoms with Gasteiger partial charge in [0.2, 0.25) is 5.91 Å². The highest BCUT2D eigenvalue weighted by molar-refractivity contribution is 6.06. The molecule has 0 saturated heterocycles. The summed E-state index contributed by atoms with van der Waals surface area (Å²) in [6.07, 6.45) is 6.93. The third kappa shape index (κ3) is 2.42. The second kappa shape index (κ2) is 5.79. The number of carbonyl (C=O) groups excluding carboxylic acids is 1. The van der Waals surface area contributed by atoms with Gasteiger partial charge in [-0.15, -0.1) is 5.10 Å². The minimum absolute atomic E-state index is 0.0146. The zero-order chi connectivity index (χ0) is 17.7. The van der Waals surface area contributed by atoms with E-state index < -0.39 is 0 Å². The number of aromatic nitrogens is 3. The van der Waals surface area contributed by atoms with Crippen molar-refractivity contribution in [1.29, 1.82) is 0 Å². The summed E-state index contributed by atoms with van der Waals surface area (Å²) in [5.41, 5.74) is 4.86. The Bertz CT molecular complexity index is 955. The lowest BCUT2D eigenvalue weighted by atomic mass is 9.90. The van der Waals surface area contributed by atoms with Gasteiger partial charge in [-0.2, -0.15) is 9.67 Å². The van der Waals surface area contributed by atoms with Crippen molar-refractivity contribution in [3.63, 3.8) is 0 Å². The van der Waals surface area contributed by atoms with Crippen LogP contribution in [0.2, 0.25) is 0 Å². The van der Waals surface area contributed by atoms with Crippen molar-refractivity contribution in [2.45, 2.75) is 25.2 Å². The highest BCUT2D eigenvalue weighted by Crippen LogP contribution is 2.44. The molecule has 5 rings (SSSR count). The van der Waals surface area contributed by atoms with Gasteiger partial charge < -0.3 is 9.64 Å². The van der Waals surface area contributed by atoms with Gasteiger partial charge in [0, 0.05) is 18.2 Å². The molecule has 1 aromatic heterocycles. The summed E-state index contributed by atoms with van der Waals surface area (Å²) in [6, 6.07) is 6.72. The van der Waals surface area contributed by atoms with Crippen LogP contribution in [-0.4, -0.2) is 51.6 Å². The second-order valence-corrected chi connectivity index (χ2v) is 6.82. The molecule has 1 aliphatic carbocycles. The zero-order valence-electron chi connectivity index (χ0n) is 14.6. The van der Waals surface area contributed by atoms with Crippen LogP contribution in [0.3, 0.4) is 0 Å². The zero-order valence-corrected chi connectivity index (χ0v) is 14.6. The van der Waals surface area contributed by atoms with E-state index in [9.17, 15) is 4.79 Å². The van der Waals surface area contributed by atoms with Crippen LogP contribution < -0.4 is 4.74 Å². The lowest BCUT2D eigenvalue weighted by Crippen LogP contribution is -2.36. The first-order valence-corrected chi connectivity index (χ1v) is 8.89. The summed E-state index contributed by atoms with van der Waals surface area (Å²) < 4.78 is 6.61. The molecular weight excluding hydrogens is 330 g/mol. The highest BCUT2D eigenvalue weighted by Gasteiger charge is 2.33. The van der Waals surface area contributed by atoms with Gasteiger partial charge in [0.05, 0.1) is 12.8 Å². The Morgan fingerprint density at radius 3 is 2.92 bits per heavy atom. The van der Waals surface area contributed by atoms with Crippen LogP contribution in [0.25, 0.3) is 5.70 Å². The minimum atomic E-state index is 0.0146. The standard InChI is InChI=1S/C19H19N5O2/c1-26-19-21-11-24(22-19)17-9-16-15-4-2-3-13(12-5-6-12)14(15)7-8-23(16)18(25)10-20-17/h2-4,9,11-12H,5-8,10H2,1H3. The first kappa shape index (κ1) is 15.3. The monoisotopic (exact) mass is 349 g/mol. The molecule has 2 aromatic rings. The van der Waals surface area contributed by atoms with Gasteiger partial charge in [0.25, 0.3) is 0 Å². The fourth-order valence-electron chi connectivity index (χ4n) is 3.80. The number of fused-ring (bicyclic) bond motifs is 3. The molecule has 0 N–H and O–H groups in total. The molecule has 1 amide bonds. The molecule has 0 unspecified atom stereocenters. The number of hydrogen-bond donors (Lipinski definition) is 0. The van der Waals surface area contributed by atoms with Crippen LogP contribution in [0.5, 0.6) is 6.01 Å². The maximum atomic E-state index is 12.6. The summed E-state index contributed by atoms with van der Waals surface area (Å²) in [5, 5.41) is 4.25. The molecule has 3 heterocycles. The number of ether oxygens (including phenoxy) is 1. The minimum Gasteiger partial charge on any atom is -0.466 e.